The van der Waals surface area contributed by atoms with Crippen molar-refractivity contribution in [3.63, 3.8) is 0 Å². The Balaban J connectivity index is 2.19. The van der Waals surface area contributed by atoms with E-state index in [4.69, 9.17) is 4.74 Å². The van der Waals surface area contributed by atoms with E-state index in [1.807, 2.05) is 25.1 Å². The lowest BCUT2D eigenvalue weighted by atomic mass is 10.2. The second-order valence-electron chi connectivity index (χ2n) is 4.62. The highest BCUT2D eigenvalue weighted by molar-refractivity contribution is 9.10. The molecule has 1 aromatic rings. The lowest BCUT2D eigenvalue weighted by Crippen LogP contribution is -2.28. The van der Waals surface area contributed by atoms with Gasteiger partial charge in [-0.1, -0.05) is 25.6 Å². The first-order valence-corrected chi connectivity index (χ1v) is 8.46. The molecule has 116 valence electrons. The van der Waals surface area contributed by atoms with Crippen LogP contribution in [0.1, 0.15) is 18.9 Å². The minimum Gasteiger partial charge on any atom is -0.488 e. The van der Waals surface area contributed by atoms with Gasteiger partial charge in [-0.15, -0.1) is 0 Å². The molecule has 6 heteroatoms. The normalized spacial score (nSPS) is 16.5. The molecule has 2 rings (SSSR count). The number of imide groups is 1. The van der Waals surface area contributed by atoms with Gasteiger partial charge in [0.2, 0.25) is 0 Å². The fraction of sp³-hybridized carbons (Fsp3) is 0.250. The fourth-order valence-electron chi connectivity index (χ4n) is 1.94. The van der Waals surface area contributed by atoms with Crippen molar-refractivity contribution in [3.05, 3.63) is 45.8 Å². The minimum atomic E-state index is -0.222. The van der Waals surface area contributed by atoms with Crippen LogP contribution >= 0.6 is 27.7 Å². The van der Waals surface area contributed by atoms with Crippen LogP contribution in [0.15, 0.2) is 40.2 Å². The highest BCUT2D eigenvalue weighted by Crippen LogP contribution is 2.33. The number of hydrogen-bond donors (Lipinski definition) is 0. The Labute approximate surface area is 142 Å². The highest BCUT2D eigenvalue weighted by atomic mass is 79.9. The summed E-state index contributed by atoms with van der Waals surface area (Å²) in [6.45, 7) is 6.42. The molecular weight excluding hydrogens is 366 g/mol. The number of carbonyl (C=O) groups excluding carboxylic acids is 2. The van der Waals surface area contributed by atoms with Crippen LogP contribution in [0.25, 0.3) is 6.08 Å². The third-order valence-electron chi connectivity index (χ3n) is 2.93. The van der Waals surface area contributed by atoms with Crippen LogP contribution in [0.2, 0.25) is 0 Å². The number of rotatable bonds is 6. The van der Waals surface area contributed by atoms with Gasteiger partial charge in [-0.05, 0) is 57.9 Å². The molecule has 0 aromatic heterocycles. The second-order valence-corrected chi connectivity index (χ2v) is 6.47. The molecule has 0 saturated carbocycles. The number of carbonyl (C=O) groups is 2. The third-order valence-corrected chi connectivity index (χ3v) is 4.46. The molecule has 1 heterocycles. The van der Waals surface area contributed by atoms with E-state index in [9.17, 15) is 9.59 Å². The van der Waals surface area contributed by atoms with Crippen LogP contribution in [0.4, 0.5) is 4.79 Å². The first kappa shape index (κ1) is 16.8. The Morgan fingerprint density at radius 2 is 2.18 bits per heavy atom. The molecule has 1 aromatic carbocycles. The van der Waals surface area contributed by atoms with Gasteiger partial charge in [0.05, 0.1) is 9.38 Å². The van der Waals surface area contributed by atoms with Crippen LogP contribution < -0.4 is 4.74 Å². The Bertz CT molecular complexity index is 642. The molecule has 1 aliphatic heterocycles. The average molecular weight is 382 g/mol. The number of thioether (sulfide) groups is 1. The number of amides is 2. The summed E-state index contributed by atoms with van der Waals surface area (Å²) in [6, 6.07) is 5.51. The smallest absolute Gasteiger partial charge is 0.293 e. The first-order valence-electron chi connectivity index (χ1n) is 6.85. The molecule has 1 saturated heterocycles. The van der Waals surface area contributed by atoms with Gasteiger partial charge in [-0.25, -0.2) is 0 Å². The van der Waals surface area contributed by atoms with Crippen molar-refractivity contribution >= 4 is 44.9 Å². The lowest BCUT2D eigenvalue weighted by molar-refractivity contribution is -0.122. The van der Waals surface area contributed by atoms with Crippen molar-refractivity contribution in [2.45, 2.75) is 13.3 Å². The zero-order valence-electron chi connectivity index (χ0n) is 12.2. The first-order chi connectivity index (χ1) is 10.6. The van der Waals surface area contributed by atoms with E-state index >= 15 is 0 Å². The molecule has 0 bridgehead atoms. The van der Waals surface area contributed by atoms with Crippen LogP contribution in [0.3, 0.4) is 0 Å². The third kappa shape index (κ3) is 3.81. The number of hydrogen-bond acceptors (Lipinski definition) is 4. The van der Waals surface area contributed by atoms with Gasteiger partial charge in [0.1, 0.15) is 12.4 Å². The zero-order chi connectivity index (χ0) is 16.1. The predicted molar refractivity (Wildman–Crippen MR) is 92.8 cm³/mol. The van der Waals surface area contributed by atoms with Crippen molar-refractivity contribution in [2.24, 2.45) is 0 Å². The van der Waals surface area contributed by atoms with Crippen molar-refractivity contribution in [2.75, 3.05) is 13.2 Å². The lowest BCUT2D eigenvalue weighted by Gasteiger charge is -2.09. The van der Waals surface area contributed by atoms with E-state index in [-0.39, 0.29) is 11.1 Å². The Hall–Kier alpha value is -1.53. The van der Waals surface area contributed by atoms with E-state index in [1.165, 1.54) is 4.90 Å². The molecule has 2 amide bonds. The number of ether oxygens (including phenoxy) is 1. The summed E-state index contributed by atoms with van der Waals surface area (Å²) < 4.78 is 6.27. The molecule has 0 atom stereocenters. The molecule has 0 N–H and O–H groups in total. The van der Waals surface area contributed by atoms with Gasteiger partial charge < -0.3 is 4.74 Å². The van der Waals surface area contributed by atoms with Gasteiger partial charge in [-0.2, -0.15) is 0 Å². The van der Waals surface area contributed by atoms with E-state index in [0.717, 1.165) is 28.2 Å². The molecule has 0 spiro atoms. The summed E-state index contributed by atoms with van der Waals surface area (Å²) >= 11 is 4.41. The second kappa shape index (κ2) is 7.65. The van der Waals surface area contributed by atoms with Crippen LogP contribution in [0.5, 0.6) is 5.75 Å². The molecule has 4 nitrogen and oxygen atoms in total. The van der Waals surface area contributed by atoms with E-state index in [2.05, 4.69) is 22.5 Å². The topological polar surface area (TPSA) is 46.6 Å². The van der Waals surface area contributed by atoms with Gasteiger partial charge in [0.15, 0.2) is 0 Å². The SMILES string of the molecule is C=CCOc1ccc(/C=C2/SC(=O)N(CCC)C2=O)cc1Br. The zero-order valence-corrected chi connectivity index (χ0v) is 14.6. The van der Waals surface area contributed by atoms with Crippen LogP contribution in [-0.4, -0.2) is 29.2 Å². The Kier molecular flexibility index (Phi) is 5.85. The molecular formula is C16H16BrNO3S. The molecule has 0 aliphatic carbocycles. The largest absolute Gasteiger partial charge is 0.488 e. The minimum absolute atomic E-state index is 0.205. The molecule has 1 fully saturated rings. The van der Waals surface area contributed by atoms with Crippen molar-refractivity contribution in [1.82, 2.24) is 4.90 Å². The summed E-state index contributed by atoms with van der Waals surface area (Å²) in [5.74, 6) is 0.482. The summed E-state index contributed by atoms with van der Waals surface area (Å²) in [6.07, 6.45) is 4.15. The van der Waals surface area contributed by atoms with Crippen molar-refractivity contribution < 1.29 is 14.3 Å². The van der Waals surface area contributed by atoms with Gasteiger partial charge >= 0.3 is 0 Å². The standard InChI is InChI=1S/C16H16BrNO3S/c1-3-7-18-15(19)14(22-16(18)20)10-11-5-6-13(12(17)9-11)21-8-4-2/h4-6,9-10H,2-3,7-8H2,1H3/b14-10+. The predicted octanol–water partition coefficient (Wildman–Crippen LogP) is 4.46. The van der Waals surface area contributed by atoms with Crippen molar-refractivity contribution in [3.8, 4) is 5.75 Å². The Morgan fingerprint density at radius 1 is 1.41 bits per heavy atom. The monoisotopic (exact) mass is 381 g/mol. The van der Waals surface area contributed by atoms with E-state index in [1.54, 1.807) is 12.2 Å². The van der Waals surface area contributed by atoms with Gasteiger partial charge in [0, 0.05) is 6.54 Å². The molecule has 0 unspecified atom stereocenters. The number of benzene rings is 1. The molecule has 0 radical (unpaired) electrons. The Morgan fingerprint density at radius 3 is 2.82 bits per heavy atom. The maximum Gasteiger partial charge on any atom is 0.293 e. The number of halogens is 1. The maximum absolute atomic E-state index is 12.2. The summed E-state index contributed by atoms with van der Waals surface area (Å²) in [4.78, 5) is 25.7. The van der Waals surface area contributed by atoms with Gasteiger partial charge in [0.25, 0.3) is 11.1 Å². The number of nitrogens with zero attached hydrogens (tertiary/aromatic N) is 1. The molecule has 1 aliphatic rings. The summed E-state index contributed by atoms with van der Waals surface area (Å²) in [5, 5.41) is -0.205. The summed E-state index contributed by atoms with van der Waals surface area (Å²) in [7, 11) is 0. The van der Waals surface area contributed by atoms with Crippen LogP contribution in [0, 0.1) is 0 Å². The fourth-order valence-corrected chi connectivity index (χ4v) is 3.32. The quantitative estimate of drug-likeness (QED) is 0.538. The maximum atomic E-state index is 12.2. The average Bonchev–Trinajstić information content (AvgIpc) is 2.74. The van der Waals surface area contributed by atoms with Crippen molar-refractivity contribution in [1.29, 1.82) is 0 Å². The van der Waals surface area contributed by atoms with E-state index in [0.29, 0.717) is 23.8 Å². The highest BCUT2D eigenvalue weighted by Gasteiger charge is 2.34. The summed E-state index contributed by atoms with van der Waals surface area (Å²) in [5.41, 5.74) is 0.833. The van der Waals surface area contributed by atoms with Gasteiger partial charge in [-0.3, -0.25) is 14.5 Å². The van der Waals surface area contributed by atoms with E-state index < -0.39 is 0 Å². The van der Waals surface area contributed by atoms with Crippen LogP contribution in [-0.2, 0) is 4.79 Å². The molecule has 22 heavy (non-hydrogen) atoms.